The number of methoxy groups -OCH3 is 1. The highest BCUT2D eigenvalue weighted by Crippen LogP contribution is 2.15. The van der Waals surface area contributed by atoms with Crippen LogP contribution in [0.5, 0.6) is 5.75 Å². The summed E-state index contributed by atoms with van der Waals surface area (Å²) < 4.78 is 5.14. The summed E-state index contributed by atoms with van der Waals surface area (Å²) in [5.74, 6) is 1.11. The van der Waals surface area contributed by atoms with Gasteiger partial charge < -0.3 is 15.0 Å². The van der Waals surface area contributed by atoms with Crippen LogP contribution in [0.15, 0.2) is 24.3 Å². The molecule has 1 atom stereocenters. The maximum absolute atomic E-state index is 12.2. The average Bonchev–Trinajstić information content (AvgIpc) is 2.77. The van der Waals surface area contributed by atoms with E-state index in [0.29, 0.717) is 6.04 Å². The van der Waals surface area contributed by atoms with Crippen LogP contribution in [0.3, 0.4) is 0 Å². The van der Waals surface area contributed by atoms with E-state index in [1.807, 2.05) is 17.0 Å². The SMILES string of the molecule is COc1ccc(CCN2CCC(NC(C)C)C2=O)cc1. The van der Waals surface area contributed by atoms with Crippen LogP contribution in [0.2, 0.25) is 0 Å². The van der Waals surface area contributed by atoms with Gasteiger partial charge in [-0.1, -0.05) is 26.0 Å². The normalized spacial score (nSPS) is 18.9. The molecule has 2 rings (SSSR count). The van der Waals surface area contributed by atoms with Gasteiger partial charge in [0.05, 0.1) is 13.2 Å². The lowest BCUT2D eigenvalue weighted by atomic mass is 10.1. The Labute approximate surface area is 121 Å². The lowest BCUT2D eigenvalue weighted by molar-refractivity contribution is -0.129. The molecule has 20 heavy (non-hydrogen) atoms. The van der Waals surface area contributed by atoms with Gasteiger partial charge in [-0.3, -0.25) is 4.79 Å². The molecule has 1 fully saturated rings. The van der Waals surface area contributed by atoms with Gasteiger partial charge in [-0.2, -0.15) is 0 Å². The third-order valence-corrected chi connectivity index (χ3v) is 3.66. The van der Waals surface area contributed by atoms with Crippen molar-refractivity contribution in [3.05, 3.63) is 29.8 Å². The maximum atomic E-state index is 12.2. The summed E-state index contributed by atoms with van der Waals surface area (Å²) in [5.41, 5.74) is 1.24. The molecule has 1 unspecified atom stereocenters. The second kappa shape index (κ2) is 6.75. The number of nitrogens with one attached hydrogen (secondary N) is 1. The van der Waals surface area contributed by atoms with Gasteiger partial charge in [-0.15, -0.1) is 0 Å². The second-order valence-electron chi connectivity index (χ2n) is 5.59. The van der Waals surface area contributed by atoms with Gasteiger partial charge in [-0.05, 0) is 30.5 Å². The fraction of sp³-hybridized carbons (Fsp3) is 0.562. The van der Waals surface area contributed by atoms with Crippen LogP contribution in [0, 0.1) is 0 Å². The molecule has 0 radical (unpaired) electrons. The zero-order chi connectivity index (χ0) is 14.5. The molecule has 1 aromatic rings. The number of rotatable bonds is 6. The number of hydrogen-bond donors (Lipinski definition) is 1. The molecular weight excluding hydrogens is 252 g/mol. The fourth-order valence-electron chi connectivity index (χ4n) is 2.57. The average molecular weight is 276 g/mol. The van der Waals surface area contributed by atoms with E-state index in [2.05, 4.69) is 31.3 Å². The Bertz CT molecular complexity index is 442. The first kappa shape index (κ1) is 14.9. The minimum absolute atomic E-state index is 0.00543. The molecule has 110 valence electrons. The smallest absolute Gasteiger partial charge is 0.239 e. The number of carbonyl (C=O) groups excluding carboxylic acids is 1. The van der Waals surface area contributed by atoms with Crippen LogP contribution >= 0.6 is 0 Å². The minimum atomic E-state index is 0.00543. The van der Waals surface area contributed by atoms with Crippen LogP contribution in [0.25, 0.3) is 0 Å². The quantitative estimate of drug-likeness (QED) is 0.862. The van der Waals surface area contributed by atoms with Gasteiger partial charge in [0.15, 0.2) is 0 Å². The van der Waals surface area contributed by atoms with E-state index in [4.69, 9.17) is 4.74 Å². The van der Waals surface area contributed by atoms with Crippen LogP contribution in [-0.4, -0.2) is 43.1 Å². The molecule has 1 aliphatic heterocycles. The van der Waals surface area contributed by atoms with Crippen molar-refractivity contribution in [2.45, 2.75) is 38.8 Å². The topological polar surface area (TPSA) is 41.6 Å². The second-order valence-corrected chi connectivity index (χ2v) is 5.59. The summed E-state index contributed by atoms with van der Waals surface area (Å²) in [7, 11) is 1.67. The summed E-state index contributed by atoms with van der Waals surface area (Å²) in [6, 6.07) is 8.40. The van der Waals surface area contributed by atoms with Gasteiger partial charge in [0.1, 0.15) is 5.75 Å². The molecule has 0 aliphatic carbocycles. The van der Waals surface area contributed by atoms with Crippen molar-refractivity contribution in [2.75, 3.05) is 20.2 Å². The molecule has 1 aromatic carbocycles. The first-order chi connectivity index (χ1) is 9.60. The predicted octanol–water partition coefficient (Wildman–Crippen LogP) is 1.84. The first-order valence-electron chi connectivity index (χ1n) is 7.28. The summed E-state index contributed by atoms with van der Waals surface area (Å²) in [6.45, 7) is 5.81. The summed E-state index contributed by atoms with van der Waals surface area (Å²) >= 11 is 0. The summed E-state index contributed by atoms with van der Waals surface area (Å²) in [4.78, 5) is 14.2. The monoisotopic (exact) mass is 276 g/mol. The van der Waals surface area contributed by atoms with E-state index >= 15 is 0 Å². The zero-order valence-corrected chi connectivity index (χ0v) is 12.6. The molecule has 0 spiro atoms. The van der Waals surface area contributed by atoms with Crippen molar-refractivity contribution in [3.8, 4) is 5.75 Å². The standard InChI is InChI=1S/C16H24N2O2/c1-12(2)17-15-9-11-18(16(15)19)10-8-13-4-6-14(20-3)7-5-13/h4-7,12,15,17H,8-11H2,1-3H3. The third kappa shape index (κ3) is 3.73. The van der Waals surface area contributed by atoms with Crippen molar-refractivity contribution in [1.82, 2.24) is 10.2 Å². The van der Waals surface area contributed by atoms with Gasteiger partial charge in [0.2, 0.25) is 5.91 Å². The molecular formula is C16H24N2O2. The lowest BCUT2D eigenvalue weighted by Crippen LogP contribution is -2.41. The Balaban J connectivity index is 1.83. The van der Waals surface area contributed by atoms with Gasteiger partial charge in [-0.25, -0.2) is 0 Å². The summed E-state index contributed by atoms with van der Waals surface area (Å²) in [6.07, 6.45) is 1.81. The lowest BCUT2D eigenvalue weighted by Gasteiger charge is -2.18. The van der Waals surface area contributed by atoms with E-state index in [1.54, 1.807) is 7.11 Å². The van der Waals surface area contributed by atoms with Crippen molar-refractivity contribution in [2.24, 2.45) is 0 Å². The van der Waals surface area contributed by atoms with Gasteiger partial charge in [0.25, 0.3) is 0 Å². The Morgan fingerprint density at radius 2 is 2.05 bits per heavy atom. The van der Waals surface area contributed by atoms with Crippen molar-refractivity contribution in [3.63, 3.8) is 0 Å². The predicted molar refractivity (Wildman–Crippen MR) is 80.0 cm³/mol. The van der Waals surface area contributed by atoms with Crippen LogP contribution in [-0.2, 0) is 11.2 Å². The molecule has 0 bridgehead atoms. The van der Waals surface area contributed by atoms with E-state index in [1.165, 1.54) is 5.56 Å². The van der Waals surface area contributed by atoms with Crippen molar-refractivity contribution >= 4 is 5.91 Å². The van der Waals surface area contributed by atoms with Crippen LogP contribution in [0.4, 0.5) is 0 Å². The number of carbonyl (C=O) groups is 1. The zero-order valence-electron chi connectivity index (χ0n) is 12.6. The molecule has 4 nitrogen and oxygen atoms in total. The van der Waals surface area contributed by atoms with E-state index < -0.39 is 0 Å². The molecule has 1 amide bonds. The van der Waals surface area contributed by atoms with E-state index in [-0.39, 0.29) is 11.9 Å². The molecule has 1 aliphatic rings. The van der Waals surface area contributed by atoms with Gasteiger partial charge in [0, 0.05) is 19.1 Å². The molecule has 1 heterocycles. The number of nitrogens with zero attached hydrogens (tertiary/aromatic N) is 1. The Kier molecular flexibility index (Phi) is 5.01. The molecule has 0 saturated carbocycles. The third-order valence-electron chi connectivity index (χ3n) is 3.66. The summed E-state index contributed by atoms with van der Waals surface area (Å²) in [5, 5.41) is 3.33. The number of amides is 1. The van der Waals surface area contributed by atoms with Crippen LogP contribution in [0.1, 0.15) is 25.8 Å². The highest BCUT2D eigenvalue weighted by molar-refractivity contribution is 5.84. The maximum Gasteiger partial charge on any atom is 0.239 e. The number of benzene rings is 1. The van der Waals surface area contributed by atoms with E-state index in [0.717, 1.165) is 31.7 Å². The molecule has 4 heteroatoms. The highest BCUT2D eigenvalue weighted by atomic mass is 16.5. The van der Waals surface area contributed by atoms with Gasteiger partial charge >= 0.3 is 0 Å². The Morgan fingerprint density at radius 1 is 1.35 bits per heavy atom. The van der Waals surface area contributed by atoms with E-state index in [9.17, 15) is 4.79 Å². The molecule has 1 saturated heterocycles. The fourth-order valence-corrected chi connectivity index (χ4v) is 2.57. The first-order valence-corrected chi connectivity index (χ1v) is 7.28. The number of likely N-dealkylation sites (tertiary alicyclic amines) is 1. The van der Waals surface area contributed by atoms with Crippen LogP contribution < -0.4 is 10.1 Å². The minimum Gasteiger partial charge on any atom is -0.497 e. The van der Waals surface area contributed by atoms with Crippen molar-refractivity contribution < 1.29 is 9.53 Å². The number of hydrogen-bond acceptors (Lipinski definition) is 3. The Hall–Kier alpha value is -1.55. The molecule has 0 aromatic heterocycles. The largest absolute Gasteiger partial charge is 0.497 e. The highest BCUT2D eigenvalue weighted by Gasteiger charge is 2.31. The number of ether oxygens (including phenoxy) is 1. The molecule has 1 N–H and O–H groups in total. The Morgan fingerprint density at radius 3 is 2.65 bits per heavy atom. The van der Waals surface area contributed by atoms with Crippen molar-refractivity contribution in [1.29, 1.82) is 0 Å².